The molecule has 0 bridgehead atoms. The number of carbonyl (C=O) groups excluding carboxylic acids is 2. The van der Waals surface area contributed by atoms with Crippen LogP contribution in [0.1, 0.15) is 59.3 Å². The third kappa shape index (κ3) is 9.02. The molecule has 0 aliphatic rings. The molecular weight excluding hydrogens is 232 g/mol. The van der Waals surface area contributed by atoms with Crippen molar-refractivity contribution in [2.45, 2.75) is 59.3 Å². The maximum Gasteiger partial charge on any atom is 0.308 e. The summed E-state index contributed by atoms with van der Waals surface area (Å²) < 4.78 is 9.96. The van der Waals surface area contributed by atoms with Crippen LogP contribution >= 0.6 is 0 Å². The van der Waals surface area contributed by atoms with E-state index in [9.17, 15) is 9.59 Å². The second kappa shape index (κ2) is 11.1. The van der Waals surface area contributed by atoms with Crippen LogP contribution in [0.5, 0.6) is 0 Å². The normalized spacial score (nSPS) is 11.9. The molecule has 0 aromatic rings. The number of esters is 2. The predicted octanol–water partition coefficient (Wildman–Crippen LogP) is 3.09. The van der Waals surface area contributed by atoms with Crippen LogP contribution < -0.4 is 0 Å². The van der Waals surface area contributed by atoms with Crippen molar-refractivity contribution >= 4 is 11.9 Å². The average molecular weight is 258 g/mol. The molecule has 0 N–H and O–H groups in total. The lowest BCUT2D eigenvalue weighted by molar-refractivity contribution is -0.148. The summed E-state index contributed by atoms with van der Waals surface area (Å²) in [7, 11) is 0. The molecule has 1 atom stereocenters. The maximum absolute atomic E-state index is 11.5. The second-order valence-corrected chi connectivity index (χ2v) is 4.47. The van der Waals surface area contributed by atoms with Crippen LogP contribution in [0.2, 0.25) is 0 Å². The number of hydrogen-bond donors (Lipinski definition) is 0. The summed E-state index contributed by atoms with van der Waals surface area (Å²) in [6, 6.07) is 0. The van der Waals surface area contributed by atoms with Gasteiger partial charge in [-0.2, -0.15) is 0 Å². The first-order chi connectivity index (χ1) is 8.61. The quantitative estimate of drug-likeness (QED) is 0.446. The van der Waals surface area contributed by atoms with Gasteiger partial charge in [-0.15, -0.1) is 0 Å². The van der Waals surface area contributed by atoms with E-state index in [0.717, 1.165) is 32.1 Å². The van der Waals surface area contributed by atoms with Gasteiger partial charge in [0.1, 0.15) is 0 Å². The molecule has 0 amide bonds. The van der Waals surface area contributed by atoms with E-state index in [1.807, 2.05) is 6.92 Å². The highest BCUT2D eigenvalue weighted by Gasteiger charge is 2.14. The van der Waals surface area contributed by atoms with Crippen LogP contribution in [0.4, 0.5) is 0 Å². The summed E-state index contributed by atoms with van der Waals surface area (Å²) in [5, 5.41) is 0. The van der Waals surface area contributed by atoms with Crippen molar-refractivity contribution in [2.24, 2.45) is 5.92 Å². The zero-order valence-electron chi connectivity index (χ0n) is 11.9. The van der Waals surface area contributed by atoms with Gasteiger partial charge in [0.05, 0.1) is 19.1 Å². The highest BCUT2D eigenvalue weighted by atomic mass is 16.5. The van der Waals surface area contributed by atoms with Crippen molar-refractivity contribution in [3.05, 3.63) is 0 Å². The fraction of sp³-hybridized carbons (Fsp3) is 0.857. The van der Waals surface area contributed by atoms with Gasteiger partial charge in [-0.05, 0) is 26.2 Å². The minimum atomic E-state index is -0.157. The van der Waals surface area contributed by atoms with E-state index in [2.05, 4.69) is 6.92 Å². The lowest BCUT2D eigenvalue weighted by atomic mass is 10.0. The van der Waals surface area contributed by atoms with Gasteiger partial charge in [0.25, 0.3) is 0 Å². The predicted molar refractivity (Wildman–Crippen MR) is 70.1 cm³/mol. The largest absolute Gasteiger partial charge is 0.466 e. The molecule has 4 heteroatoms. The fourth-order valence-electron chi connectivity index (χ4n) is 1.53. The van der Waals surface area contributed by atoms with Crippen molar-refractivity contribution in [1.29, 1.82) is 0 Å². The minimum absolute atomic E-state index is 0.0796. The van der Waals surface area contributed by atoms with Crippen molar-refractivity contribution in [3.63, 3.8) is 0 Å². The first-order valence-electron chi connectivity index (χ1n) is 6.94. The van der Waals surface area contributed by atoms with Crippen LogP contribution in [0.15, 0.2) is 0 Å². The number of rotatable bonds is 10. The molecule has 0 aliphatic heterocycles. The van der Waals surface area contributed by atoms with Gasteiger partial charge >= 0.3 is 11.9 Å². The van der Waals surface area contributed by atoms with Gasteiger partial charge in [0.2, 0.25) is 0 Å². The Balaban J connectivity index is 3.54. The van der Waals surface area contributed by atoms with Crippen molar-refractivity contribution in [2.75, 3.05) is 13.2 Å². The van der Waals surface area contributed by atoms with E-state index in [1.54, 1.807) is 6.92 Å². The lowest BCUT2D eigenvalue weighted by Gasteiger charge is -2.10. The summed E-state index contributed by atoms with van der Waals surface area (Å²) in [5.41, 5.74) is 0. The number of carbonyl (C=O) groups is 2. The lowest BCUT2D eigenvalue weighted by Crippen LogP contribution is -2.15. The van der Waals surface area contributed by atoms with E-state index < -0.39 is 0 Å². The topological polar surface area (TPSA) is 52.6 Å². The zero-order chi connectivity index (χ0) is 13.8. The third-order valence-corrected chi connectivity index (χ3v) is 2.72. The molecule has 18 heavy (non-hydrogen) atoms. The maximum atomic E-state index is 11.5. The Kier molecular flexibility index (Phi) is 10.4. The monoisotopic (exact) mass is 258 g/mol. The van der Waals surface area contributed by atoms with Crippen LogP contribution in [0.3, 0.4) is 0 Å². The molecule has 0 rings (SSSR count). The molecule has 0 heterocycles. The van der Waals surface area contributed by atoms with Gasteiger partial charge in [0.15, 0.2) is 0 Å². The van der Waals surface area contributed by atoms with Gasteiger partial charge in [-0.3, -0.25) is 9.59 Å². The molecule has 0 saturated carbocycles. The molecule has 0 fully saturated rings. The zero-order valence-corrected chi connectivity index (χ0v) is 11.9. The van der Waals surface area contributed by atoms with Crippen LogP contribution in [-0.4, -0.2) is 25.2 Å². The molecule has 0 saturated heterocycles. The Morgan fingerprint density at radius 2 is 1.78 bits per heavy atom. The van der Waals surface area contributed by atoms with Crippen molar-refractivity contribution in [1.82, 2.24) is 0 Å². The van der Waals surface area contributed by atoms with Crippen LogP contribution in [0, 0.1) is 5.92 Å². The summed E-state index contributed by atoms with van der Waals surface area (Å²) >= 11 is 0. The van der Waals surface area contributed by atoms with E-state index in [4.69, 9.17) is 9.47 Å². The van der Waals surface area contributed by atoms with Gasteiger partial charge in [-0.25, -0.2) is 0 Å². The molecule has 0 aliphatic carbocycles. The van der Waals surface area contributed by atoms with Crippen molar-refractivity contribution in [3.8, 4) is 0 Å². The Labute approximate surface area is 110 Å². The Morgan fingerprint density at radius 3 is 2.39 bits per heavy atom. The summed E-state index contributed by atoms with van der Waals surface area (Å²) in [6.07, 6.45) is 4.77. The smallest absolute Gasteiger partial charge is 0.308 e. The molecule has 0 radical (unpaired) electrons. The fourth-order valence-corrected chi connectivity index (χ4v) is 1.53. The summed E-state index contributed by atoms with van der Waals surface area (Å²) in [4.78, 5) is 22.6. The van der Waals surface area contributed by atoms with Gasteiger partial charge in [0, 0.05) is 6.42 Å². The Bertz CT molecular complexity index is 238. The first kappa shape index (κ1) is 16.9. The standard InChI is InChI=1S/C14H26O4/c1-4-6-11-18-14(16)12(3)9-7-8-10-13(15)17-5-2/h12H,4-11H2,1-3H3. The average Bonchev–Trinajstić information content (AvgIpc) is 2.35. The second-order valence-electron chi connectivity index (χ2n) is 4.47. The number of ether oxygens (including phenoxy) is 2. The van der Waals surface area contributed by atoms with E-state index in [1.165, 1.54) is 0 Å². The van der Waals surface area contributed by atoms with Gasteiger partial charge in [-0.1, -0.05) is 26.7 Å². The minimum Gasteiger partial charge on any atom is -0.466 e. The summed E-state index contributed by atoms with van der Waals surface area (Å²) in [6.45, 7) is 6.68. The highest BCUT2D eigenvalue weighted by Crippen LogP contribution is 2.11. The Morgan fingerprint density at radius 1 is 1.06 bits per heavy atom. The summed E-state index contributed by atoms with van der Waals surface area (Å²) in [5.74, 6) is -0.362. The first-order valence-corrected chi connectivity index (χ1v) is 6.94. The van der Waals surface area contributed by atoms with Crippen LogP contribution in [-0.2, 0) is 19.1 Å². The SMILES string of the molecule is CCCCOC(=O)C(C)CCCCC(=O)OCC. The highest BCUT2D eigenvalue weighted by molar-refractivity contribution is 5.72. The number of hydrogen-bond acceptors (Lipinski definition) is 4. The molecule has 0 spiro atoms. The Hall–Kier alpha value is -1.06. The third-order valence-electron chi connectivity index (χ3n) is 2.72. The van der Waals surface area contributed by atoms with E-state index in [-0.39, 0.29) is 17.9 Å². The number of unbranched alkanes of at least 4 members (excludes halogenated alkanes) is 2. The van der Waals surface area contributed by atoms with E-state index in [0.29, 0.717) is 19.6 Å². The van der Waals surface area contributed by atoms with Gasteiger partial charge < -0.3 is 9.47 Å². The molecular formula is C14H26O4. The molecule has 4 nitrogen and oxygen atoms in total. The van der Waals surface area contributed by atoms with Crippen LogP contribution in [0.25, 0.3) is 0 Å². The molecule has 1 unspecified atom stereocenters. The van der Waals surface area contributed by atoms with E-state index >= 15 is 0 Å². The van der Waals surface area contributed by atoms with Crippen molar-refractivity contribution < 1.29 is 19.1 Å². The molecule has 0 aromatic carbocycles. The molecule has 0 aromatic heterocycles. The molecule has 106 valence electrons.